The van der Waals surface area contributed by atoms with Crippen molar-refractivity contribution in [1.82, 2.24) is 0 Å². The van der Waals surface area contributed by atoms with Gasteiger partial charge in [0.25, 0.3) is 0 Å². The largest absolute Gasteiger partial charge is 0.463 e. The smallest absolute Gasteiger partial charge is 0.305 e. The number of aliphatic hydroxyl groups is 2. The van der Waals surface area contributed by atoms with Crippen molar-refractivity contribution in [1.29, 1.82) is 0 Å². The molecule has 1 saturated heterocycles. The van der Waals surface area contributed by atoms with E-state index in [4.69, 9.17) is 9.47 Å². The highest BCUT2D eigenvalue weighted by Crippen LogP contribution is 2.15. The molecule has 0 aromatic carbocycles. The van der Waals surface area contributed by atoms with Crippen molar-refractivity contribution in [3.05, 3.63) is 0 Å². The maximum Gasteiger partial charge on any atom is 0.305 e. The van der Waals surface area contributed by atoms with Gasteiger partial charge in [0, 0.05) is 6.42 Å². The Morgan fingerprint density at radius 1 is 0.963 bits per heavy atom. The molecule has 0 unspecified atom stereocenters. The first-order chi connectivity index (χ1) is 13.1. The predicted molar refractivity (Wildman–Crippen MR) is 103 cm³/mol. The highest BCUT2D eigenvalue weighted by molar-refractivity contribution is 5.85. The van der Waals surface area contributed by atoms with E-state index < -0.39 is 24.1 Å². The predicted octanol–water partition coefficient (Wildman–Crippen LogP) is 3.31. The van der Waals surface area contributed by atoms with Crippen LogP contribution in [0.1, 0.15) is 90.4 Å². The van der Waals surface area contributed by atoms with Crippen molar-refractivity contribution < 1.29 is 29.3 Å². The lowest BCUT2D eigenvalue weighted by Gasteiger charge is -2.30. The second-order valence-electron chi connectivity index (χ2n) is 7.57. The number of Topliss-reactive ketones (excluding diaryl/α,β-unsaturated/α-hetero) is 1. The molecule has 2 N–H and O–H groups in total. The first-order valence-electron chi connectivity index (χ1n) is 10.7. The van der Waals surface area contributed by atoms with Gasteiger partial charge in [-0.25, -0.2) is 0 Å². The van der Waals surface area contributed by atoms with Crippen LogP contribution < -0.4 is 0 Å². The summed E-state index contributed by atoms with van der Waals surface area (Å²) < 4.78 is 10.2. The third-order valence-electron chi connectivity index (χ3n) is 5.12. The monoisotopic (exact) mass is 386 g/mol. The van der Waals surface area contributed by atoms with Crippen molar-refractivity contribution in [3.63, 3.8) is 0 Å². The molecule has 0 saturated carbocycles. The van der Waals surface area contributed by atoms with Crippen molar-refractivity contribution >= 4 is 11.8 Å². The average Bonchev–Trinajstić information content (AvgIpc) is 2.66. The molecule has 1 rings (SSSR count). The van der Waals surface area contributed by atoms with E-state index in [9.17, 15) is 19.8 Å². The quantitative estimate of drug-likeness (QED) is 0.331. The second-order valence-corrected chi connectivity index (χ2v) is 7.57. The van der Waals surface area contributed by atoms with Gasteiger partial charge in [-0.1, -0.05) is 77.6 Å². The summed E-state index contributed by atoms with van der Waals surface area (Å²) in [4.78, 5) is 22.9. The van der Waals surface area contributed by atoms with Gasteiger partial charge in [0.15, 0.2) is 5.78 Å². The number of ether oxygens (including phenoxy) is 2. The molecule has 1 aliphatic rings. The summed E-state index contributed by atoms with van der Waals surface area (Å²) in [5.41, 5.74) is 0. The van der Waals surface area contributed by atoms with E-state index in [0.29, 0.717) is 6.42 Å². The van der Waals surface area contributed by atoms with Crippen molar-refractivity contribution in [2.45, 2.75) is 109 Å². The average molecular weight is 387 g/mol. The fourth-order valence-electron chi connectivity index (χ4n) is 3.27. The minimum absolute atomic E-state index is 0.136. The van der Waals surface area contributed by atoms with Crippen LogP contribution in [-0.2, 0) is 19.1 Å². The summed E-state index contributed by atoms with van der Waals surface area (Å²) in [5.74, 6) is -0.883. The summed E-state index contributed by atoms with van der Waals surface area (Å²) in [5, 5.41) is 19.2. The van der Waals surface area contributed by atoms with Gasteiger partial charge in [-0.3, -0.25) is 9.59 Å². The highest BCUT2D eigenvalue weighted by atomic mass is 16.6. The van der Waals surface area contributed by atoms with Gasteiger partial charge in [-0.15, -0.1) is 0 Å². The topological polar surface area (TPSA) is 93.1 Å². The lowest BCUT2D eigenvalue weighted by molar-refractivity contribution is -0.177. The maximum absolute atomic E-state index is 11.7. The van der Waals surface area contributed by atoms with Crippen LogP contribution in [0.15, 0.2) is 0 Å². The van der Waals surface area contributed by atoms with E-state index in [2.05, 4.69) is 6.92 Å². The van der Waals surface area contributed by atoms with Crippen molar-refractivity contribution in [2.24, 2.45) is 0 Å². The van der Waals surface area contributed by atoms with E-state index in [-0.39, 0.29) is 19.2 Å². The van der Waals surface area contributed by atoms with Gasteiger partial charge in [0.05, 0.1) is 0 Å². The molecule has 158 valence electrons. The number of hydrogen-bond acceptors (Lipinski definition) is 6. The molecule has 6 heteroatoms. The van der Waals surface area contributed by atoms with E-state index in [1.54, 1.807) is 0 Å². The summed E-state index contributed by atoms with van der Waals surface area (Å²) >= 11 is 0. The standard InChI is InChI=1S/C21H38O6/c1-2-3-4-5-6-7-8-9-10-11-12-13-14-19(23)27-16-18-21(25)20(24)17(22)15-26-18/h18,20-21,24-25H,2-16H2,1H3/t18-,20-,21-/m1/s1. The molecule has 0 bridgehead atoms. The summed E-state index contributed by atoms with van der Waals surface area (Å²) in [6, 6.07) is 0. The minimum Gasteiger partial charge on any atom is -0.463 e. The molecule has 27 heavy (non-hydrogen) atoms. The van der Waals surface area contributed by atoms with Gasteiger partial charge in [0.1, 0.15) is 31.5 Å². The fraction of sp³-hybridized carbons (Fsp3) is 0.905. The highest BCUT2D eigenvalue weighted by Gasteiger charge is 2.37. The van der Waals surface area contributed by atoms with E-state index in [1.165, 1.54) is 57.8 Å². The third kappa shape index (κ3) is 10.8. The van der Waals surface area contributed by atoms with Crippen LogP contribution in [0.3, 0.4) is 0 Å². The zero-order valence-corrected chi connectivity index (χ0v) is 16.9. The maximum atomic E-state index is 11.7. The van der Waals surface area contributed by atoms with Crippen LogP contribution >= 0.6 is 0 Å². The minimum atomic E-state index is -1.46. The number of rotatable bonds is 15. The SMILES string of the molecule is CCCCCCCCCCCCCCC(=O)OC[C@H]1OCC(=O)[C@@H](O)[C@@H]1O. The lowest BCUT2D eigenvalue weighted by Crippen LogP contribution is -2.52. The second kappa shape index (κ2) is 15.0. The molecule has 3 atom stereocenters. The van der Waals surface area contributed by atoms with Crippen molar-refractivity contribution in [2.75, 3.05) is 13.2 Å². The zero-order chi connectivity index (χ0) is 19.9. The fourth-order valence-corrected chi connectivity index (χ4v) is 3.27. The van der Waals surface area contributed by atoms with Crippen LogP contribution in [0.25, 0.3) is 0 Å². The number of ketones is 1. The van der Waals surface area contributed by atoms with Gasteiger partial charge >= 0.3 is 5.97 Å². The van der Waals surface area contributed by atoms with Crippen LogP contribution in [0, 0.1) is 0 Å². The van der Waals surface area contributed by atoms with Crippen LogP contribution in [0.4, 0.5) is 0 Å². The molecule has 1 aliphatic heterocycles. The summed E-state index contributed by atoms with van der Waals surface area (Å²) in [7, 11) is 0. The first kappa shape index (κ1) is 24.1. The van der Waals surface area contributed by atoms with E-state index in [0.717, 1.165) is 19.3 Å². The van der Waals surface area contributed by atoms with Gasteiger partial charge < -0.3 is 19.7 Å². The lowest BCUT2D eigenvalue weighted by atomic mass is 10.0. The van der Waals surface area contributed by atoms with Gasteiger partial charge in [-0.2, -0.15) is 0 Å². The number of carbonyl (C=O) groups is 2. The molecule has 0 radical (unpaired) electrons. The Kier molecular flexibility index (Phi) is 13.4. The summed E-state index contributed by atoms with van der Waals surface area (Å²) in [6.07, 6.45) is 11.6. The molecule has 0 aromatic rings. The summed E-state index contributed by atoms with van der Waals surface area (Å²) in [6.45, 7) is 1.84. The number of carbonyl (C=O) groups excluding carboxylic acids is 2. The Balaban J connectivity index is 1.91. The molecule has 0 amide bonds. The molecule has 0 spiro atoms. The molecular formula is C21H38O6. The normalized spacial score (nSPS) is 22.8. The van der Waals surface area contributed by atoms with Gasteiger partial charge in [0.2, 0.25) is 0 Å². The van der Waals surface area contributed by atoms with Crippen LogP contribution in [-0.4, -0.2) is 53.5 Å². The Hall–Kier alpha value is -0.980. The third-order valence-corrected chi connectivity index (χ3v) is 5.12. The molecule has 0 aromatic heterocycles. The molecule has 1 heterocycles. The van der Waals surface area contributed by atoms with Crippen molar-refractivity contribution in [3.8, 4) is 0 Å². The van der Waals surface area contributed by atoms with E-state index in [1.807, 2.05) is 0 Å². The number of aliphatic hydroxyl groups excluding tert-OH is 2. The van der Waals surface area contributed by atoms with Crippen LogP contribution in [0.5, 0.6) is 0 Å². The Morgan fingerprint density at radius 3 is 2.04 bits per heavy atom. The molecule has 6 nitrogen and oxygen atoms in total. The number of esters is 1. The molecule has 1 fully saturated rings. The number of unbranched alkanes of at least 4 members (excludes halogenated alkanes) is 11. The Morgan fingerprint density at radius 2 is 1.48 bits per heavy atom. The van der Waals surface area contributed by atoms with E-state index >= 15 is 0 Å². The Bertz CT molecular complexity index is 411. The zero-order valence-electron chi connectivity index (χ0n) is 16.9. The van der Waals surface area contributed by atoms with Gasteiger partial charge in [-0.05, 0) is 6.42 Å². The first-order valence-corrected chi connectivity index (χ1v) is 10.7. The Labute approximate surface area is 163 Å². The molecule has 0 aliphatic carbocycles. The molecular weight excluding hydrogens is 348 g/mol. The number of hydrogen-bond donors (Lipinski definition) is 2. The van der Waals surface area contributed by atoms with Crippen LogP contribution in [0.2, 0.25) is 0 Å².